The van der Waals surface area contributed by atoms with Gasteiger partial charge in [-0.3, -0.25) is 4.79 Å². The van der Waals surface area contributed by atoms with E-state index in [1.807, 2.05) is 42.5 Å². The molecule has 0 saturated carbocycles. The van der Waals surface area contributed by atoms with Crippen molar-refractivity contribution in [3.63, 3.8) is 0 Å². The number of carbonyl (C=O) groups is 1. The first-order valence-corrected chi connectivity index (χ1v) is 8.59. The molecule has 1 aliphatic heterocycles. The van der Waals surface area contributed by atoms with Gasteiger partial charge < -0.3 is 15.4 Å². The van der Waals surface area contributed by atoms with Crippen molar-refractivity contribution in [2.24, 2.45) is 5.92 Å². The Morgan fingerprint density at radius 3 is 2.46 bits per heavy atom. The molecular formula is C20H24N2O2. The molecule has 0 radical (unpaired) electrons. The predicted octanol–water partition coefficient (Wildman–Crippen LogP) is 3.25. The molecule has 1 fully saturated rings. The van der Waals surface area contributed by atoms with Gasteiger partial charge in [-0.1, -0.05) is 30.3 Å². The Bertz CT molecular complexity index is 634. The number of ether oxygens (including phenoxy) is 1. The molecule has 4 heteroatoms. The maximum atomic E-state index is 12.2. The van der Waals surface area contributed by atoms with Crippen LogP contribution in [0.25, 0.3) is 0 Å². The Kier molecular flexibility index (Phi) is 5.85. The van der Waals surface area contributed by atoms with Gasteiger partial charge in [0.2, 0.25) is 5.91 Å². The van der Waals surface area contributed by atoms with Crippen LogP contribution in [0.5, 0.6) is 5.75 Å². The van der Waals surface area contributed by atoms with Crippen LogP contribution in [0, 0.1) is 5.92 Å². The van der Waals surface area contributed by atoms with Crippen molar-refractivity contribution < 1.29 is 9.53 Å². The third-order valence-corrected chi connectivity index (χ3v) is 4.33. The minimum Gasteiger partial charge on any atom is -0.493 e. The number of hydrogen-bond donors (Lipinski definition) is 2. The number of anilines is 1. The number of hydrogen-bond acceptors (Lipinski definition) is 3. The molecule has 1 heterocycles. The van der Waals surface area contributed by atoms with E-state index in [1.165, 1.54) is 5.56 Å². The van der Waals surface area contributed by atoms with Gasteiger partial charge >= 0.3 is 0 Å². The van der Waals surface area contributed by atoms with Gasteiger partial charge in [-0.2, -0.15) is 0 Å². The molecule has 1 aliphatic rings. The lowest BCUT2D eigenvalue weighted by Gasteiger charge is -2.21. The fourth-order valence-corrected chi connectivity index (χ4v) is 2.89. The van der Waals surface area contributed by atoms with Crippen molar-refractivity contribution in [1.29, 1.82) is 0 Å². The summed E-state index contributed by atoms with van der Waals surface area (Å²) < 4.78 is 5.77. The third kappa shape index (κ3) is 4.83. The summed E-state index contributed by atoms with van der Waals surface area (Å²) in [5.41, 5.74) is 2.09. The summed E-state index contributed by atoms with van der Waals surface area (Å²) in [6.45, 7) is 2.49. The Morgan fingerprint density at radius 1 is 1.04 bits per heavy atom. The molecule has 0 aliphatic carbocycles. The minimum absolute atomic E-state index is 0.119. The van der Waals surface area contributed by atoms with Gasteiger partial charge in [0, 0.05) is 18.0 Å². The molecule has 2 aromatic rings. The van der Waals surface area contributed by atoms with E-state index in [1.54, 1.807) is 0 Å². The van der Waals surface area contributed by atoms with Crippen molar-refractivity contribution in [2.75, 3.05) is 25.0 Å². The van der Waals surface area contributed by atoms with Crippen LogP contribution in [-0.2, 0) is 11.2 Å². The number of benzene rings is 2. The third-order valence-electron chi connectivity index (χ3n) is 4.33. The van der Waals surface area contributed by atoms with E-state index in [2.05, 4.69) is 22.8 Å². The molecule has 4 nitrogen and oxygen atoms in total. The van der Waals surface area contributed by atoms with Crippen molar-refractivity contribution in [3.8, 4) is 5.75 Å². The van der Waals surface area contributed by atoms with Crippen LogP contribution in [0.3, 0.4) is 0 Å². The van der Waals surface area contributed by atoms with E-state index < -0.39 is 0 Å². The molecular weight excluding hydrogens is 300 g/mol. The van der Waals surface area contributed by atoms with Gasteiger partial charge in [0.05, 0.1) is 6.61 Å². The average Bonchev–Trinajstić information content (AvgIpc) is 2.65. The highest BCUT2D eigenvalue weighted by atomic mass is 16.5. The first kappa shape index (κ1) is 16.5. The lowest BCUT2D eigenvalue weighted by Crippen LogP contribution is -2.34. The van der Waals surface area contributed by atoms with Crippen LogP contribution in [0.4, 0.5) is 5.69 Å². The Labute approximate surface area is 143 Å². The molecule has 1 saturated heterocycles. The first-order chi connectivity index (χ1) is 11.8. The lowest BCUT2D eigenvalue weighted by molar-refractivity contribution is -0.120. The Morgan fingerprint density at radius 2 is 1.75 bits per heavy atom. The maximum absolute atomic E-state index is 12.2. The number of nitrogens with one attached hydrogen (secondary N) is 2. The lowest BCUT2D eigenvalue weighted by atomic mass is 9.97. The van der Waals surface area contributed by atoms with E-state index in [9.17, 15) is 4.79 Å². The van der Waals surface area contributed by atoms with Crippen molar-refractivity contribution in [1.82, 2.24) is 5.32 Å². The fraction of sp³-hybridized carbons (Fsp3) is 0.350. The second-order valence-corrected chi connectivity index (χ2v) is 6.12. The predicted molar refractivity (Wildman–Crippen MR) is 96.3 cm³/mol. The van der Waals surface area contributed by atoms with Crippen molar-refractivity contribution in [3.05, 3.63) is 60.2 Å². The largest absolute Gasteiger partial charge is 0.493 e. The number of amides is 1. The molecule has 126 valence electrons. The summed E-state index contributed by atoms with van der Waals surface area (Å²) in [7, 11) is 0. The van der Waals surface area contributed by atoms with E-state index in [4.69, 9.17) is 4.74 Å². The second kappa shape index (κ2) is 8.50. The topological polar surface area (TPSA) is 50.4 Å². The molecule has 0 atom stereocenters. The standard InChI is InChI=1S/C20H24N2O2/c23-20(17-10-13-21-14-11-17)22-18-6-8-19(9-7-18)24-15-12-16-4-2-1-3-5-16/h1-9,17,21H,10-15H2,(H,22,23). The zero-order valence-electron chi connectivity index (χ0n) is 13.8. The summed E-state index contributed by atoms with van der Waals surface area (Å²) >= 11 is 0. The Balaban J connectivity index is 1.45. The molecule has 24 heavy (non-hydrogen) atoms. The number of rotatable bonds is 6. The molecule has 1 amide bonds. The fourth-order valence-electron chi connectivity index (χ4n) is 2.89. The van der Waals surface area contributed by atoms with Crippen molar-refractivity contribution >= 4 is 11.6 Å². The highest BCUT2D eigenvalue weighted by Gasteiger charge is 2.20. The smallest absolute Gasteiger partial charge is 0.227 e. The Hall–Kier alpha value is -2.33. The van der Waals surface area contributed by atoms with Crippen LogP contribution in [0.1, 0.15) is 18.4 Å². The summed E-state index contributed by atoms with van der Waals surface area (Å²) in [5, 5.41) is 6.27. The molecule has 0 spiro atoms. The quantitative estimate of drug-likeness (QED) is 0.857. The highest BCUT2D eigenvalue weighted by molar-refractivity contribution is 5.92. The van der Waals surface area contributed by atoms with Gasteiger partial charge in [0.1, 0.15) is 5.75 Å². The van der Waals surface area contributed by atoms with Gasteiger partial charge in [-0.25, -0.2) is 0 Å². The van der Waals surface area contributed by atoms with E-state index in [-0.39, 0.29) is 11.8 Å². The molecule has 2 N–H and O–H groups in total. The normalized spacial score (nSPS) is 15.0. The van der Waals surface area contributed by atoms with Crippen LogP contribution < -0.4 is 15.4 Å². The summed E-state index contributed by atoms with van der Waals surface area (Å²) in [6, 6.07) is 17.9. The zero-order valence-corrected chi connectivity index (χ0v) is 13.8. The van der Waals surface area contributed by atoms with E-state index in [0.29, 0.717) is 6.61 Å². The summed E-state index contributed by atoms with van der Waals surface area (Å²) in [5.74, 6) is 1.06. The van der Waals surface area contributed by atoms with Crippen LogP contribution >= 0.6 is 0 Å². The van der Waals surface area contributed by atoms with E-state index >= 15 is 0 Å². The first-order valence-electron chi connectivity index (χ1n) is 8.59. The molecule has 0 aromatic heterocycles. The number of carbonyl (C=O) groups excluding carboxylic acids is 1. The van der Waals surface area contributed by atoms with Gasteiger partial charge in [-0.05, 0) is 55.8 Å². The maximum Gasteiger partial charge on any atom is 0.227 e. The summed E-state index contributed by atoms with van der Waals surface area (Å²) in [6.07, 6.45) is 2.70. The summed E-state index contributed by atoms with van der Waals surface area (Å²) in [4.78, 5) is 12.2. The van der Waals surface area contributed by atoms with Crippen molar-refractivity contribution in [2.45, 2.75) is 19.3 Å². The van der Waals surface area contributed by atoms with Crippen LogP contribution in [0.15, 0.2) is 54.6 Å². The average molecular weight is 324 g/mol. The monoisotopic (exact) mass is 324 g/mol. The van der Waals surface area contributed by atoms with Crippen LogP contribution in [-0.4, -0.2) is 25.6 Å². The second-order valence-electron chi connectivity index (χ2n) is 6.12. The van der Waals surface area contributed by atoms with Gasteiger partial charge in [0.25, 0.3) is 0 Å². The van der Waals surface area contributed by atoms with Gasteiger partial charge in [-0.15, -0.1) is 0 Å². The number of piperidine rings is 1. The molecule has 3 rings (SSSR count). The zero-order chi connectivity index (χ0) is 16.6. The molecule has 0 unspecified atom stereocenters. The SMILES string of the molecule is O=C(Nc1ccc(OCCc2ccccc2)cc1)C1CCNCC1. The van der Waals surface area contributed by atoms with Crippen LogP contribution in [0.2, 0.25) is 0 Å². The molecule has 2 aromatic carbocycles. The highest BCUT2D eigenvalue weighted by Crippen LogP contribution is 2.19. The van der Waals surface area contributed by atoms with E-state index in [0.717, 1.165) is 43.8 Å². The molecule has 0 bridgehead atoms. The van der Waals surface area contributed by atoms with Gasteiger partial charge in [0.15, 0.2) is 0 Å². The minimum atomic E-state index is 0.119.